The molecule has 0 unspecified atom stereocenters. The minimum atomic E-state index is -4.01. The number of rotatable bonds is 2. The lowest BCUT2D eigenvalue weighted by molar-refractivity contribution is -0.115. The zero-order chi connectivity index (χ0) is 15.2. The number of aryl methyl sites for hydroxylation is 1. The number of para-hydroxylation sites is 1. The fraction of sp³-hybridized carbons (Fsp3) is 0.167. The van der Waals surface area contributed by atoms with Crippen molar-refractivity contribution in [3.8, 4) is 0 Å². The molecular formula is C12H11FN4O3S. The van der Waals surface area contributed by atoms with Crippen molar-refractivity contribution in [2.45, 2.75) is 5.03 Å². The Bertz CT molecular complexity index is 831. The summed E-state index contributed by atoms with van der Waals surface area (Å²) in [4.78, 5) is 11.7. The number of aromatic nitrogens is 2. The van der Waals surface area contributed by atoms with Gasteiger partial charge in [0.05, 0.1) is 11.9 Å². The number of fused-ring (bicyclic) bond motifs is 1. The van der Waals surface area contributed by atoms with Crippen molar-refractivity contribution in [2.24, 2.45) is 7.05 Å². The molecule has 21 heavy (non-hydrogen) atoms. The van der Waals surface area contributed by atoms with E-state index in [1.165, 1.54) is 36.1 Å². The summed E-state index contributed by atoms with van der Waals surface area (Å²) < 4.78 is 41.1. The molecule has 0 spiro atoms. The number of carbonyl (C=O) groups is 1. The van der Waals surface area contributed by atoms with Gasteiger partial charge in [0.25, 0.3) is 10.0 Å². The molecule has 0 radical (unpaired) electrons. The Hall–Kier alpha value is -2.42. The summed E-state index contributed by atoms with van der Waals surface area (Å²) in [6.07, 6.45) is 1.34. The molecule has 0 saturated carbocycles. The molecule has 9 heteroatoms. The Morgan fingerprint density at radius 3 is 2.76 bits per heavy atom. The molecule has 0 aliphatic carbocycles. The van der Waals surface area contributed by atoms with Gasteiger partial charge in [0.15, 0.2) is 5.03 Å². The zero-order valence-electron chi connectivity index (χ0n) is 10.9. The fourth-order valence-electron chi connectivity index (χ4n) is 2.18. The highest BCUT2D eigenvalue weighted by molar-refractivity contribution is 7.92. The lowest BCUT2D eigenvalue weighted by Gasteiger charge is -2.30. The van der Waals surface area contributed by atoms with Crippen molar-refractivity contribution in [2.75, 3.05) is 16.2 Å². The lowest BCUT2D eigenvalue weighted by Crippen LogP contribution is -2.43. The van der Waals surface area contributed by atoms with E-state index in [0.717, 1.165) is 10.4 Å². The Morgan fingerprint density at radius 2 is 2.10 bits per heavy atom. The van der Waals surface area contributed by atoms with Gasteiger partial charge in [0, 0.05) is 7.05 Å². The van der Waals surface area contributed by atoms with E-state index in [1.807, 2.05) is 0 Å². The molecule has 1 amide bonds. The highest BCUT2D eigenvalue weighted by atomic mass is 32.2. The second-order valence-corrected chi connectivity index (χ2v) is 6.30. The van der Waals surface area contributed by atoms with E-state index >= 15 is 0 Å². The van der Waals surface area contributed by atoms with Crippen molar-refractivity contribution in [1.82, 2.24) is 9.78 Å². The smallest absolute Gasteiger partial charge is 0.282 e. The predicted molar refractivity (Wildman–Crippen MR) is 72.8 cm³/mol. The fourth-order valence-corrected chi connectivity index (χ4v) is 3.72. The highest BCUT2D eigenvalue weighted by Crippen LogP contribution is 2.35. The van der Waals surface area contributed by atoms with Gasteiger partial charge in [-0.2, -0.15) is 13.5 Å². The first kappa shape index (κ1) is 13.6. The first-order valence-electron chi connectivity index (χ1n) is 6.00. The van der Waals surface area contributed by atoms with Crippen molar-refractivity contribution in [1.29, 1.82) is 0 Å². The molecule has 0 bridgehead atoms. The monoisotopic (exact) mass is 310 g/mol. The van der Waals surface area contributed by atoms with E-state index < -0.39 is 28.3 Å². The summed E-state index contributed by atoms with van der Waals surface area (Å²) in [5, 5.41) is 6.08. The molecule has 1 aromatic carbocycles. The number of nitrogens with one attached hydrogen (secondary N) is 1. The molecule has 1 aromatic heterocycles. The number of benzene rings is 1. The van der Waals surface area contributed by atoms with Gasteiger partial charge in [-0.3, -0.25) is 13.8 Å². The number of nitrogens with zero attached hydrogens (tertiary/aromatic N) is 3. The van der Waals surface area contributed by atoms with Crippen LogP contribution >= 0.6 is 0 Å². The van der Waals surface area contributed by atoms with E-state index in [-0.39, 0.29) is 16.4 Å². The maximum Gasteiger partial charge on any atom is 0.282 e. The SMILES string of the molecule is Cn1nccc1S(=O)(=O)N1CC(=O)Nc2c(F)cccc21. The maximum absolute atomic E-state index is 13.8. The van der Waals surface area contributed by atoms with Gasteiger partial charge < -0.3 is 5.32 Å². The van der Waals surface area contributed by atoms with Crippen LogP contribution in [0.2, 0.25) is 0 Å². The Morgan fingerprint density at radius 1 is 1.33 bits per heavy atom. The van der Waals surface area contributed by atoms with Crippen LogP contribution in [0.25, 0.3) is 0 Å². The van der Waals surface area contributed by atoms with E-state index in [9.17, 15) is 17.6 Å². The predicted octanol–water partition coefficient (Wildman–Crippen LogP) is 0.707. The third-order valence-corrected chi connectivity index (χ3v) is 4.98. The molecule has 0 saturated heterocycles. The van der Waals surface area contributed by atoms with Gasteiger partial charge in [-0.1, -0.05) is 6.07 Å². The number of anilines is 2. The van der Waals surface area contributed by atoms with Crippen LogP contribution in [0.3, 0.4) is 0 Å². The first-order valence-corrected chi connectivity index (χ1v) is 7.44. The minimum absolute atomic E-state index is 0.0765. The molecule has 1 aliphatic rings. The number of sulfonamides is 1. The molecule has 0 fully saturated rings. The highest BCUT2D eigenvalue weighted by Gasteiger charge is 2.35. The molecule has 1 aliphatic heterocycles. The second kappa shape index (κ2) is 4.55. The van der Waals surface area contributed by atoms with Gasteiger partial charge in [0.1, 0.15) is 18.0 Å². The number of carbonyl (C=O) groups excluding carboxylic acids is 1. The quantitative estimate of drug-likeness (QED) is 0.885. The summed E-state index contributed by atoms with van der Waals surface area (Å²) in [6.45, 7) is -0.413. The van der Waals surface area contributed by atoms with Crippen LogP contribution in [0.4, 0.5) is 15.8 Å². The van der Waals surface area contributed by atoms with Crippen LogP contribution in [0, 0.1) is 5.82 Å². The van der Waals surface area contributed by atoms with Crippen molar-refractivity contribution in [3.63, 3.8) is 0 Å². The molecule has 2 heterocycles. The van der Waals surface area contributed by atoms with E-state index in [4.69, 9.17) is 0 Å². The lowest BCUT2D eigenvalue weighted by atomic mass is 10.2. The van der Waals surface area contributed by atoms with Gasteiger partial charge in [-0.05, 0) is 18.2 Å². The van der Waals surface area contributed by atoms with Gasteiger partial charge in [-0.15, -0.1) is 0 Å². The van der Waals surface area contributed by atoms with Crippen LogP contribution in [-0.2, 0) is 21.9 Å². The molecule has 110 valence electrons. The molecule has 0 atom stereocenters. The van der Waals surface area contributed by atoms with Crippen molar-refractivity contribution < 1.29 is 17.6 Å². The van der Waals surface area contributed by atoms with E-state index in [2.05, 4.69) is 10.4 Å². The van der Waals surface area contributed by atoms with Crippen molar-refractivity contribution >= 4 is 27.3 Å². The maximum atomic E-state index is 13.8. The Kier molecular flexibility index (Phi) is 2.94. The molecule has 7 nitrogen and oxygen atoms in total. The van der Waals surface area contributed by atoms with Gasteiger partial charge in [0.2, 0.25) is 5.91 Å². The van der Waals surface area contributed by atoms with Gasteiger partial charge >= 0.3 is 0 Å². The second-order valence-electron chi connectivity index (χ2n) is 4.49. The van der Waals surface area contributed by atoms with E-state index in [1.54, 1.807) is 0 Å². The van der Waals surface area contributed by atoms with Crippen LogP contribution in [-0.4, -0.2) is 30.7 Å². The molecule has 2 aromatic rings. The van der Waals surface area contributed by atoms with Crippen LogP contribution < -0.4 is 9.62 Å². The molecule has 1 N–H and O–H groups in total. The average molecular weight is 310 g/mol. The van der Waals surface area contributed by atoms with Crippen molar-refractivity contribution in [3.05, 3.63) is 36.3 Å². The summed E-state index contributed by atoms with van der Waals surface area (Å²) >= 11 is 0. The van der Waals surface area contributed by atoms with Crippen LogP contribution in [0.15, 0.2) is 35.5 Å². The molecular weight excluding hydrogens is 299 g/mol. The molecule has 3 rings (SSSR count). The topological polar surface area (TPSA) is 84.3 Å². The summed E-state index contributed by atoms with van der Waals surface area (Å²) in [7, 11) is -2.53. The number of amides is 1. The summed E-state index contributed by atoms with van der Waals surface area (Å²) in [5.41, 5.74) is -0.0460. The minimum Gasteiger partial charge on any atom is -0.320 e. The Balaban J connectivity index is 2.19. The van der Waals surface area contributed by atoms with Gasteiger partial charge in [-0.25, -0.2) is 4.39 Å². The average Bonchev–Trinajstić information content (AvgIpc) is 2.86. The largest absolute Gasteiger partial charge is 0.320 e. The third kappa shape index (κ3) is 2.05. The Labute approximate surface area is 120 Å². The van der Waals surface area contributed by atoms with Crippen LogP contribution in [0.5, 0.6) is 0 Å². The van der Waals surface area contributed by atoms with Crippen LogP contribution in [0.1, 0.15) is 0 Å². The zero-order valence-corrected chi connectivity index (χ0v) is 11.8. The first-order chi connectivity index (χ1) is 9.91. The number of hydrogen-bond acceptors (Lipinski definition) is 4. The third-order valence-electron chi connectivity index (χ3n) is 3.14. The number of hydrogen-bond donors (Lipinski definition) is 1. The normalized spacial score (nSPS) is 14.8. The van der Waals surface area contributed by atoms with E-state index in [0.29, 0.717) is 0 Å². The number of halogens is 1. The standard InChI is InChI=1S/C12H11FN4O3S/c1-16-11(5-6-14-16)21(19,20)17-7-10(18)15-12-8(13)3-2-4-9(12)17/h2-6H,7H2,1H3,(H,15,18). The summed E-state index contributed by atoms with van der Waals surface area (Å²) in [5.74, 6) is -1.29. The summed E-state index contributed by atoms with van der Waals surface area (Å²) in [6, 6.07) is 5.29.